The number of β-amino-alcohol motifs (C(OH)–C–C–N with tert-alkyl or cyclic N) is 1. The van der Waals surface area contributed by atoms with E-state index in [-0.39, 0.29) is 0 Å². The lowest BCUT2D eigenvalue weighted by Gasteiger charge is -2.41. The number of anilines is 1. The van der Waals surface area contributed by atoms with Crippen LogP contribution in [0.15, 0.2) is 24.4 Å². The smallest absolute Gasteiger partial charge is 0.128 e. The predicted octanol–water partition coefficient (Wildman–Crippen LogP) is 0.318. The van der Waals surface area contributed by atoms with E-state index in [1.54, 1.807) is 0 Å². The molecule has 0 unspecified atom stereocenters. The molecule has 5 heteroatoms. The molecule has 2 N–H and O–H groups in total. The number of piperidine rings is 1. The van der Waals surface area contributed by atoms with Crippen molar-refractivity contribution in [1.29, 1.82) is 0 Å². The second-order valence-corrected chi connectivity index (χ2v) is 5.93. The SMILES string of the molecule is OC1(CN2CCN(c3ccccn3)CC2)CCNCC1. The zero-order valence-electron chi connectivity index (χ0n) is 12.0. The minimum Gasteiger partial charge on any atom is -0.388 e. The number of hydrogen-bond acceptors (Lipinski definition) is 5. The Kier molecular flexibility index (Phi) is 4.19. The van der Waals surface area contributed by atoms with E-state index in [1.807, 2.05) is 18.3 Å². The summed E-state index contributed by atoms with van der Waals surface area (Å²) in [6.45, 7) is 6.68. The van der Waals surface area contributed by atoms with Gasteiger partial charge in [-0.1, -0.05) is 6.07 Å². The van der Waals surface area contributed by atoms with Crippen LogP contribution in [0.5, 0.6) is 0 Å². The number of aliphatic hydroxyl groups is 1. The molecule has 5 nitrogen and oxygen atoms in total. The molecule has 0 aliphatic carbocycles. The van der Waals surface area contributed by atoms with Crippen LogP contribution in [0.25, 0.3) is 0 Å². The van der Waals surface area contributed by atoms with E-state index in [1.165, 1.54) is 0 Å². The summed E-state index contributed by atoms with van der Waals surface area (Å²) in [5.74, 6) is 1.06. The third-order valence-electron chi connectivity index (χ3n) is 4.40. The van der Waals surface area contributed by atoms with E-state index in [0.29, 0.717) is 0 Å². The molecular weight excluding hydrogens is 252 g/mol. The Morgan fingerprint density at radius 1 is 1.15 bits per heavy atom. The molecule has 1 aromatic heterocycles. The Bertz CT molecular complexity index is 411. The molecule has 0 bridgehead atoms. The highest BCUT2D eigenvalue weighted by Gasteiger charge is 2.32. The fraction of sp³-hybridized carbons (Fsp3) is 0.667. The third kappa shape index (κ3) is 3.29. The highest BCUT2D eigenvalue weighted by Crippen LogP contribution is 2.21. The number of nitrogens with zero attached hydrogens (tertiary/aromatic N) is 3. The monoisotopic (exact) mass is 276 g/mol. The Hall–Kier alpha value is -1.17. The minimum atomic E-state index is -0.488. The van der Waals surface area contributed by atoms with Crippen molar-refractivity contribution in [3.05, 3.63) is 24.4 Å². The van der Waals surface area contributed by atoms with Gasteiger partial charge in [-0.05, 0) is 38.1 Å². The van der Waals surface area contributed by atoms with Gasteiger partial charge in [0.05, 0.1) is 5.60 Å². The van der Waals surface area contributed by atoms with Crippen molar-refractivity contribution in [2.45, 2.75) is 18.4 Å². The van der Waals surface area contributed by atoms with Crippen molar-refractivity contribution in [3.8, 4) is 0 Å². The van der Waals surface area contributed by atoms with Gasteiger partial charge in [-0.3, -0.25) is 4.90 Å². The van der Waals surface area contributed by atoms with Gasteiger partial charge in [-0.25, -0.2) is 4.98 Å². The highest BCUT2D eigenvalue weighted by molar-refractivity contribution is 5.38. The summed E-state index contributed by atoms with van der Waals surface area (Å²) in [5, 5.41) is 13.9. The number of hydrogen-bond donors (Lipinski definition) is 2. The fourth-order valence-electron chi connectivity index (χ4n) is 3.14. The van der Waals surface area contributed by atoms with Crippen molar-refractivity contribution in [2.75, 3.05) is 50.7 Å². The van der Waals surface area contributed by atoms with Gasteiger partial charge >= 0.3 is 0 Å². The summed E-state index contributed by atoms with van der Waals surface area (Å²) >= 11 is 0. The van der Waals surface area contributed by atoms with Crippen LogP contribution in [0, 0.1) is 0 Å². The molecule has 1 aromatic rings. The third-order valence-corrected chi connectivity index (χ3v) is 4.40. The Labute approximate surface area is 120 Å². The van der Waals surface area contributed by atoms with Crippen LogP contribution in [0.2, 0.25) is 0 Å². The molecular formula is C15H24N4O. The first kappa shape index (κ1) is 13.8. The molecule has 3 rings (SSSR count). The number of nitrogens with one attached hydrogen (secondary N) is 1. The number of pyridine rings is 1. The van der Waals surface area contributed by atoms with E-state index in [9.17, 15) is 5.11 Å². The Morgan fingerprint density at radius 3 is 2.55 bits per heavy atom. The lowest BCUT2D eigenvalue weighted by molar-refractivity contribution is -0.0218. The standard InChI is InChI=1S/C15H24N4O/c20-15(4-7-16-8-5-15)13-18-9-11-19(12-10-18)14-3-1-2-6-17-14/h1-3,6,16,20H,4-5,7-13H2. The average molecular weight is 276 g/mol. The molecule has 0 atom stereocenters. The van der Waals surface area contributed by atoms with Gasteiger partial charge < -0.3 is 15.3 Å². The first-order chi connectivity index (χ1) is 9.75. The maximum Gasteiger partial charge on any atom is 0.128 e. The van der Waals surface area contributed by atoms with Gasteiger partial charge in [0.15, 0.2) is 0 Å². The molecule has 2 saturated heterocycles. The summed E-state index contributed by atoms with van der Waals surface area (Å²) in [4.78, 5) is 9.12. The number of piperazine rings is 1. The molecule has 2 aliphatic rings. The van der Waals surface area contributed by atoms with Crippen molar-refractivity contribution in [2.24, 2.45) is 0 Å². The fourth-order valence-corrected chi connectivity index (χ4v) is 3.14. The quantitative estimate of drug-likeness (QED) is 0.832. The molecule has 3 heterocycles. The zero-order chi connectivity index (χ0) is 13.8. The normalized spacial score (nSPS) is 23.8. The zero-order valence-corrected chi connectivity index (χ0v) is 12.0. The van der Waals surface area contributed by atoms with Crippen LogP contribution in [0.1, 0.15) is 12.8 Å². The van der Waals surface area contributed by atoms with Gasteiger partial charge in [-0.2, -0.15) is 0 Å². The van der Waals surface area contributed by atoms with E-state index < -0.39 is 5.60 Å². The first-order valence-corrected chi connectivity index (χ1v) is 7.57. The van der Waals surface area contributed by atoms with E-state index in [4.69, 9.17) is 0 Å². The first-order valence-electron chi connectivity index (χ1n) is 7.57. The molecule has 2 aliphatic heterocycles. The molecule has 2 fully saturated rings. The van der Waals surface area contributed by atoms with Crippen LogP contribution in [-0.2, 0) is 0 Å². The second kappa shape index (κ2) is 6.08. The Balaban J connectivity index is 1.51. The maximum atomic E-state index is 10.6. The second-order valence-electron chi connectivity index (χ2n) is 5.93. The molecule has 0 saturated carbocycles. The summed E-state index contributed by atoms with van der Waals surface area (Å²) < 4.78 is 0. The maximum absolute atomic E-state index is 10.6. The van der Waals surface area contributed by atoms with Crippen LogP contribution in [-0.4, -0.2) is 66.4 Å². The number of aromatic nitrogens is 1. The molecule has 0 amide bonds. The van der Waals surface area contributed by atoms with Gasteiger partial charge in [0.25, 0.3) is 0 Å². The lowest BCUT2D eigenvalue weighted by atomic mass is 9.91. The van der Waals surface area contributed by atoms with Crippen molar-refractivity contribution in [3.63, 3.8) is 0 Å². The predicted molar refractivity (Wildman–Crippen MR) is 79.9 cm³/mol. The minimum absolute atomic E-state index is 0.488. The van der Waals surface area contributed by atoms with Gasteiger partial charge in [0.1, 0.15) is 5.82 Å². The van der Waals surface area contributed by atoms with Crippen molar-refractivity contribution in [1.82, 2.24) is 15.2 Å². The largest absolute Gasteiger partial charge is 0.388 e. The van der Waals surface area contributed by atoms with E-state index >= 15 is 0 Å². The average Bonchev–Trinajstić information content (AvgIpc) is 2.49. The Morgan fingerprint density at radius 2 is 1.90 bits per heavy atom. The van der Waals surface area contributed by atoms with Crippen LogP contribution < -0.4 is 10.2 Å². The summed E-state index contributed by atoms with van der Waals surface area (Å²) in [6.07, 6.45) is 3.58. The van der Waals surface area contributed by atoms with Gasteiger partial charge in [-0.15, -0.1) is 0 Å². The molecule has 110 valence electrons. The summed E-state index contributed by atoms with van der Waals surface area (Å²) in [5.41, 5.74) is -0.488. The lowest BCUT2D eigenvalue weighted by Crippen LogP contribution is -2.54. The van der Waals surface area contributed by atoms with E-state index in [0.717, 1.165) is 64.5 Å². The molecule has 20 heavy (non-hydrogen) atoms. The van der Waals surface area contributed by atoms with Gasteiger partial charge in [0, 0.05) is 38.9 Å². The highest BCUT2D eigenvalue weighted by atomic mass is 16.3. The van der Waals surface area contributed by atoms with Gasteiger partial charge in [0.2, 0.25) is 0 Å². The molecule has 0 spiro atoms. The summed E-state index contributed by atoms with van der Waals surface area (Å²) in [6, 6.07) is 6.05. The van der Waals surface area contributed by atoms with Crippen LogP contribution in [0.3, 0.4) is 0 Å². The van der Waals surface area contributed by atoms with E-state index in [2.05, 4.69) is 26.2 Å². The molecule has 0 radical (unpaired) electrons. The molecule has 0 aromatic carbocycles. The van der Waals surface area contributed by atoms with Crippen LogP contribution >= 0.6 is 0 Å². The van der Waals surface area contributed by atoms with Crippen LogP contribution in [0.4, 0.5) is 5.82 Å². The van der Waals surface area contributed by atoms with Crippen molar-refractivity contribution >= 4 is 5.82 Å². The number of rotatable bonds is 3. The summed E-state index contributed by atoms with van der Waals surface area (Å²) in [7, 11) is 0. The van der Waals surface area contributed by atoms with Crippen molar-refractivity contribution < 1.29 is 5.11 Å². The topological polar surface area (TPSA) is 51.6 Å².